The van der Waals surface area contributed by atoms with E-state index in [1.54, 1.807) is 61.7 Å². The van der Waals surface area contributed by atoms with Gasteiger partial charge in [0, 0.05) is 86.6 Å². The lowest BCUT2D eigenvalue weighted by molar-refractivity contribution is 0.0204. The summed E-state index contributed by atoms with van der Waals surface area (Å²) in [4.78, 5) is 65.5. The Morgan fingerprint density at radius 3 is 1.54 bits per heavy atom. The molecule has 0 aliphatic carbocycles. The Hall–Kier alpha value is -7.87. The number of anilines is 2. The molecule has 8 heterocycles. The third-order valence-electron chi connectivity index (χ3n) is 12.3. The van der Waals surface area contributed by atoms with Gasteiger partial charge in [-0.15, -0.1) is 0 Å². The summed E-state index contributed by atoms with van der Waals surface area (Å²) in [7, 11) is 0. The maximum absolute atomic E-state index is 14.8. The number of aryl methyl sites for hydroxylation is 4. The summed E-state index contributed by atoms with van der Waals surface area (Å²) in [6.45, 7) is 15.5. The lowest BCUT2D eigenvalue weighted by Gasteiger charge is -2.33. The first-order chi connectivity index (χ1) is 33.9. The van der Waals surface area contributed by atoms with Crippen LogP contribution in [0, 0.1) is 39.3 Å². The molecule has 6 aromatic heterocycles. The predicted octanol–water partition coefficient (Wildman–Crippen LogP) is 9.37. The van der Waals surface area contributed by atoms with Crippen LogP contribution >= 0.6 is 0 Å². The highest BCUT2D eigenvalue weighted by molar-refractivity contribution is 6.04. The minimum Gasteiger partial charge on any atom is -0.444 e. The Kier molecular flexibility index (Phi) is 13.5. The van der Waals surface area contributed by atoms with Crippen molar-refractivity contribution in [3.05, 3.63) is 131 Å². The summed E-state index contributed by atoms with van der Waals surface area (Å²) in [6, 6.07) is 8.65. The number of nitrogens with zero attached hydrogens (tertiary/aromatic N) is 9. The van der Waals surface area contributed by atoms with Gasteiger partial charge in [-0.25, -0.2) is 43.5 Å². The normalized spacial score (nSPS) is 14.6. The molecule has 0 spiro atoms. The van der Waals surface area contributed by atoms with Crippen molar-refractivity contribution in [3.8, 4) is 22.5 Å². The highest BCUT2D eigenvalue weighted by Crippen LogP contribution is 2.32. The zero-order valence-corrected chi connectivity index (χ0v) is 40.5. The number of piperidine rings is 2. The van der Waals surface area contributed by atoms with Crippen molar-refractivity contribution in [3.63, 3.8) is 0 Å². The van der Waals surface area contributed by atoms with Crippen molar-refractivity contribution in [2.75, 3.05) is 36.8 Å². The molecule has 2 fully saturated rings. The molecule has 2 aliphatic rings. The second-order valence-electron chi connectivity index (χ2n) is 18.8. The van der Waals surface area contributed by atoms with Crippen molar-refractivity contribution in [2.45, 2.75) is 91.6 Å². The monoisotopic (exact) mass is 968 g/mol. The summed E-state index contributed by atoms with van der Waals surface area (Å²) in [6.07, 6.45) is 14.5. The molecule has 8 aromatic rings. The summed E-state index contributed by atoms with van der Waals surface area (Å²) in [5, 5.41) is 8.84. The Balaban J connectivity index is 0.000000179. The van der Waals surface area contributed by atoms with Crippen LogP contribution in [0.4, 0.5) is 25.0 Å². The second kappa shape index (κ2) is 19.9. The van der Waals surface area contributed by atoms with Crippen LogP contribution in [0.3, 0.4) is 0 Å². The molecular weight excluding hydrogens is 915 g/mol. The van der Waals surface area contributed by atoms with E-state index in [2.05, 4.69) is 45.9 Å². The number of carbonyl (C=O) groups excluding carboxylic acids is 3. The molecule has 0 unspecified atom stereocenters. The molecule has 368 valence electrons. The van der Waals surface area contributed by atoms with Crippen LogP contribution in [0.25, 0.3) is 34.1 Å². The number of oxazole rings is 2. The molecule has 0 bridgehead atoms. The van der Waals surface area contributed by atoms with Crippen molar-refractivity contribution in [1.29, 1.82) is 0 Å². The number of nitrogens with one attached hydrogen (secondary N) is 3. The van der Waals surface area contributed by atoms with Crippen LogP contribution < -0.4 is 16.0 Å². The minimum absolute atomic E-state index is 0.111. The van der Waals surface area contributed by atoms with Gasteiger partial charge in [0.25, 0.3) is 11.8 Å². The highest BCUT2D eigenvalue weighted by atomic mass is 19.1. The SMILES string of the molecule is Cc1nc(C)c(C(=O)Nc2ccc(F)c(-c3cn4cc(C5CCN(C(=O)OC(C)(C)C)CC5)cnc4n3)c2)o1.Cc1nc(C)c(C(=O)Nc2ccc(F)c(-c3cn4cc(C5CCNCC5)cnc4n3)c2)o1. The number of halogens is 2. The van der Waals surface area contributed by atoms with Crippen molar-refractivity contribution in [1.82, 2.24) is 48.9 Å². The number of ether oxygens (including phenoxy) is 1. The lowest BCUT2D eigenvalue weighted by atomic mass is 9.91. The predicted molar refractivity (Wildman–Crippen MR) is 259 cm³/mol. The number of hydrogen-bond acceptors (Lipinski definition) is 13. The lowest BCUT2D eigenvalue weighted by Crippen LogP contribution is -2.41. The summed E-state index contributed by atoms with van der Waals surface area (Å²) < 4.78 is 49.3. The number of aromatic nitrogens is 8. The number of carbonyl (C=O) groups is 3. The topological polar surface area (TPSA) is 212 Å². The van der Waals surface area contributed by atoms with Crippen LogP contribution in [0.2, 0.25) is 0 Å². The van der Waals surface area contributed by atoms with E-state index in [0.29, 0.717) is 76.5 Å². The fourth-order valence-corrected chi connectivity index (χ4v) is 8.82. The number of amides is 3. The molecule has 18 nitrogen and oxygen atoms in total. The van der Waals surface area contributed by atoms with E-state index in [1.807, 2.05) is 43.8 Å². The average molecular weight is 969 g/mol. The van der Waals surface area contributed by atoms with Gasteiger partial charge in [-0.3, -0.25) is 18.4 Å². The highest BCUT2D eigenvalue weighted by Gasteiger charge is 2.28. The second-order valence-corrected chi connectivity index (χ2v) is 18.8. The zero-order chi connectivity index (χ0) is 50.1. The molecule has 20 heteroatoms. The quantitative estimate of drug-likeness (QED) is 0.130. The number of likely N-dealkylation sites (tertiary alicyclic amines) is 1. The number of rotatable bonds is 8. The maximum Gasteiger partial charge on any atom is 0.410 e. The number of benzene rings is 2. The van der Waals surface area contributed by atoms with Crippen LogP contribution in [-0.2, 0) is 4.74 Å². The van der Waals surface area contributed by atoms with Gasteiger partial charge in [0.05, 0.1) is 22.8 Å². The van der Waals surface area contributed by atoms with E-state index in [1.165, 1.54) is 30.3 Å². The van der Waals surface area contributed by atoms with Crippen LogP contribution in [-0.4, -0.2) is 93.3 Å². The van der Waals surface area contributed by atoms with Gasteiger partial charge in [-0.05, 0) is 133 Å². The molecule has 10 rings (SSSR count). The van der Waals surface area contributed by atoms with Gasteiger partial charge in [-0.1, -0.05) is 0 Å². The number of imidazole rings is 2. The average Bonchev–Trinajstić information content (AvgIpc) is 4.13. The third-order valence-corrected chi connectivity index (χ3v) is 12.3. The zero-order valence-electron chi connectivity index (χ0n) is 40.5. The Bertz CT molecular complexity index is 3280. The molecule has 2 saturated heterocycles. The van der Waals surface area contributed by atoms with Gasteiger partial charge in [0.2, 0.25) is 23.1 Å². The molecular formula is C51H54F2N12O6. The van der Waals surface area contributed by atoms with E-state index in [0.717, 1.165) is 49.9 Å². The molecule has 0 saturated carbocycles. The van der Waals surface area contributed by atoms with Crippen molar-refractivity contribution >= 4 is 40.8 Å². The molecule has 3 amide bonds. The van der Waals surface area contributed by atoms with E-state index >= 15 is 0 Å². The number of fused-ring (bicyclic) bond motifs is 2. The smallest absolute Gasteiger partial charge is 0.410 e. The van der Waals surface area contributed by atoms with Gasteiger partial charge < -0.3 is 34.4 Å². The molecule has 2 aromatic carbocycles. The molecule has 3 N–H and O–H groups in total. The van der Waals surface area contributed by atoms with Gasteiger partial charge >= 0.3 is 6.09 Å². The molecule has 2 aliphatic heterocycles. The van der Waals surface area contributed by atoms with E-state index < -0.39 is 29.0 Å². The Morgan fingerprint density at radius 2 is 1.11 bits per heavy atom. The molecule has 0 atom stereocenters. The van der Waals surface area contributed by atoms with Gasteiger partial charge in [0.1, 0.15) is 17.2 Å². The van der Waals surface area contributed by atoms with Gasteiger partial charge in [-0.2, -0.15) is 0 Å². The van der Waals surface area contributed by atoms with Gasteiger partial charge in [0.15, 0.2) is 11.8 Å². The summed E-state index contributed by atoms with van der Waals surface area (Å²) >= 11 is 0. The third kappa shape index (κ3) is 11.0. The first-order valence-electron chi connectivity index (χ1n) is 23.4. The van der Waals surface area contributed by atoms with Crippen molar-refractivity contribution in [2.24, 2.45) is 0 Å². The molecule has 0 radical (unpaired) electrons. The largest absolute Gasteiger partial charge is 0.444 e. The summed E-state index contributed by atoms with van der Waals surface area (Å²) in [5.41, 5.74) is 4.80. The maximum atomic E-state index is 14.8. The standard InChI is InChI=1S/C28H31FN6O4.C23H23FN6O2/c1-16-24(38-17(2)31-16)25(36)32-20-6-7-22(29)21(12-20)23-15-35-14-19(13-30-26(35)33-23)18-8-10-34(11-9-18)27(37)39-28(3,4)5;1-13-21(32-14(2)27-13)22(31)28-17-3-4-19(24)18(9-17)20-12-30-11-16(10-26-23(30)29-20)15-5-7-25-8-6-15/h6-7,12-15,18H,8-11H2,1-5H3,(H,32,36);3-4,9-12,15,25H,5-8H2,1-2H3,(H,28,31). The van der Waals surface area contributed by atoms with E-state index in [9.17, 15) is 23.2 Å². The van der Waals surface area contributed by atoms with Crippen LogP contribution in [0.15, 0.2) is 82.4 Å². The minimum atomic E-state index is -0.526. The van der Waals surface area contributed by atoms with Crippen molar-refractivity contribution < 1.29 is 36.7 Å². The van der Waals surface area contributed by atoms with Crippen LogP contribution in [0.5, 0.6) is 0 Å². The first-order valence-corrected chi connectivity index (χ1v) is 23.4. The van der Waals surface area contributed by atoms with Crippen LogP contribution in [0.1, 0.15) is 114 Å². The van der Waals surface area contributed by atoms with E-state index in [4.69, 9.17) is 13.6 Å². The fraction of sp³-hybridized carbons (Fsp3) is 0.353. The van der Waals surface area contributed by atoms with E-state index in [-0.39, 0.29) is 34.7 Å². The molecule has 71 heavy (non-hydrogen) atoms. The first kappa shape index (κ1) is 48.2. The Morgan fingerprint density at radius 1 is 0.662 bits per heavy atom. The Labute approximate surface area is 407 Å². The summed E-state index contributed by atoms with van der Waals surface area (Å²) in [5.74, 6) is 0.845. The fourth-order valence-electron chi connectivity index (χ4n) is 8.82. The number of hydrogen-bond donors (Lipinski definition) is 3.